The molecule has 1 aromatic carbocycles. The first-order valence-electron chi connectivity index (χ1n) is 5.14. The van der Waals surface area contributed by atoms with Crippen LogP contribution in [0.2, 0.25) is 0 Å². The molecule has 0 spiro atoms. The Kier molecular flexibility index (Phi) is 4.66. The smallest absolute Gasteiger partial charge is 0.331 e. The van der Waals surface area contributed by atoms with Crippen molar-refractivity contribution >= 4 is 11.9 Å². The number of aliphatic hydroxyl groups excluding tert-OH is 1. The van der Waals surface area contributed by atoms with Gasteiger partial charge in [-0.1, -0.05) is 30.3 Å². The molecule has 0 aliphatic heterocycles. The van der Waals surface area contributed by atoms with E-state index in [2.05, 4.69) is 10.1 Å². The predicted molar refractivity (Wildman–Crippen MR) is 61.0 cm³/mol. The van der Waals surface area contributed by atoms with Crippen LogP contribution in [-0.4, -0.2) is 30.1 Å². The van der Waals surface area contributed by atoms with E-state index in [4.69, 9.17) is 0 Å². The van der Waals surface area contributed by atoms with Crippen LogP contribution < -0.4 is 5.32 Å². The Balaban J connectivity index is 2.90. The molecule has 0 aliphatic carbocycles. The Morgan fingerprint density at radius 3 is 2.35 bits per heavy atom. The summed E-state index contributed by atoms with van der Waals surface area (Å²) in [7, 11) is 1.20. The number of methoxy groups -OCH3 is 1. The Labute approximate surface area is 99.4 Å². The van der Waals surface area contributed by atoms with Gasteiger partial charge in [0.15, 0.2) is 6.04 Å². The van der Waals surface area contributed by atoms with Crippen molar-refractivity contribution in [3.05, 3.63) is 35.9 Å². The number of carbonyl (C=O) groups is 2. The third-order valence-electron chi connectivity index (χ3n) is 2.27. The first-order valence-corrected chi connectivity index (χ1v) is 5.14. The van der Waals surface area contributed by atoms with Crippen molar-refractivity contribution < 1.29 is 19.4 Å². The van der Waals surface area contributed by atoms with Crippen LogP contribution >= 0.6 is 0 Å². The zero-order valence-electron chi connectivity index (χ0n) is 9.71. The molecule has 0 bridgehead atoms. The maximum Gasteiger partial charge on any atom is 0.331 e. The molecule has 0 radical (unpaired) electrons. The van der Waals surface area contributed by atoms with E-state index in [1.807, 2.05) is 0 Å². The zero-order valence-corrected chi connectivity index (χ0v) is 9.71. The summed E-state index contributed by atoms with van der Waals surface area (Å²) in [6.45, 7) is 1.27. The molecule has 0 unspecified atom stereocenters. The standard InChI is InChI=1S/C12H15NO4/c1-8(14)13-10(12(16)17-2)11(15)9-6-4-3-5-7-9/h3-7,10-11,15H,1-2H3,(H,13,14)/t10-,11-/m0/s1. The summed E-state index contributed by atoms with van der Waals surface area (Å²) in [5.74, 6) is -1.09. The van der Waals surface area contributed by atoms with E-state index in [0.717, 1.165) is 0 Å². The number of benzene rings is 1. The summed E-state index contributed by atoms with van der Waals surface area (Å²) in [6, 6.07) is 7.51. The lowest BCUT2D eigenvalue weighted by atomic mass is 10.0. The molecule has 17 heavy (non-hydrogen) atoms. The highest BCUT2D eigenvalue weighted by atomic mass is 16.5. The third-order valence-corrected chi connectivity index (χ3v) is 2.27. The lowest BCUT2D eigenvalue weighted by molar-refractivity contribution is -0.148. The Morgan fingerprint density at radius 2 is 1.88 bits per heavy atom. The van der Waals surface area contributed by atoms with E-state index in [9.17, 15) is 14.7 Å². The van der Waals surface area contributed by atoms with Gasteiger partial charge in [-0.15, -0.1) is 0 Å². The van der Waals surface area contributed by atoms with Gasteiger partial charge >= 0.3 is 5.97 Å². The fourth-order valence-electron chi connectivity index (χ4n) is 1.46. The summed E-state index contributed by atoms with van der Waals surface area (Å²) in [5, 5.41) is 12.4. The molecule has 0 saturated carbocycles. The Morgan fingerprint density at radius 1 is 1.29 bits per heavy atom. The highest BCUT2D eigenvalue weighted by molar-refractivity contribution is 5.83. The quantitative estimate of drug-likeness (QED) is 0.743. The number of ether oxygens (including phenoxy) is 1. The number of esters is 1. The molecule has 0 aliphatic rings. The number of aliphatic hydroxyl groups is 1. The van der Waals surface area contributed by atoms with Crippen LogP contribution in [0.4, 0.5) is 0 Å². The molecule has 5 heteroatoms. The minimum Gasteiger partial charge on any atom is -0.467 e. The molecule has 92 valence electrons. The normalized spacial score (nSPS) is 13.6. The fraction of sp³-hybridized carbons (Fsp3) is 0.333. The van der Waals surface area contributed by atoms with Crippen molar-refractivity contribution in [2.75, 3.05) is 7.11 Å². The van der Waals surface area contributed by atoms with Crippen LogP contribution in [0.5, 0.6) is 0 Å². The van der Waals surface area contributed by atoms with Crippen molar-refractivity contribution in [3.63, 3.8) is 0 Å². The fourth-order valence-corrected chi connectivity index (χ4v) is 1.46. The van der Waals surface area contributed by atoms with Crippen LogP contribution in [0.15, 0.2) is 30.3 Å². The molecule has 2 N–H and O–H groups in total. The summed E-state index contributed by atoms with van der Waals surface area (Å²) in [4.78, 5) is 22.4. The average molecular weight is 237 g/mol. The Hall–Kier alpha value is -1.88. The first-order chi connectivity index (χ1) is 8.06. The minimum absolute atomic E-state index is 0.407. The van der Waals surface area contributed by atoms with Gasteiger partial charge in [-0.25, -0.2) is 4.79 Å². The van der Waals surface area contributed by atoms with Crippen molar-refractivity contribution in [3.8, 4) is 0 Å². The molecule has 0 heterocycles. The topological polar surface area (TPSA) is 75.6 Å². The van der Waals surface area contributed by atoms with Gasteiger partial charge in [0, 0.05) is 6.92 Å². The molecule has 0 fully saturated rings. The summed E-state index contributed by atoms with van der Waals surface area (Å²) in [5.41, 5.74) is 0.539. The number of carbonyl (C=O) groups excluding carboxylic acids is 2. The molecule has 2 atom stereocenters. The minimum atomic E-state index is -1.13. The largest absolute Gasteiger partial charge is 0.467 e. The van der Waals surface area contributed by atoms with Crippen LogP contribution in [0, 0.1) is 0 Å². The lowest BCUT2D eigenvalue weighted by Gasteiger charge is -2.21. The number of hydrogen-bond donors (Lipinski definition) is 2. The van der Waals surface area contributed by atoms with E-state index >= 15 is 0 Å². The monoisotopic (exact) mass is 237 g/mol. The third kappa shape index (κ3) is 3.57. The molecule has 1 aromatic rings. The second-order valence-electron chi connectivity index (χ2n) is 3.56. The highest BCUT2D eigenvalue weighted by Gasteiger charge is 2.29. The summed E-state index contributed by atoms with van der Waals surface area (Å²) in [6.07, 6.45) is -1.13. The number of rotatable bonds is 4. The van der Waals surface area contributed by atoms with Gasteiger partial charge in [-0.3, -0.25) is 4.79 Å². The van der Waals surface area contributed by atoms with E-state index in [1.54, 1.807) is 30.3 Å². The SMILES string of the molecule is COC(=O)[C@@H](NC(C)=O)[C@@H](O)c1ccccc1. The van der Waals surface area contributed by atoms with E-state index in [0.29, 0.717) is 5.56 Å². The summed E-state index contributed by atoms with van der Waals surface area (Å²) < 4.78 is 4.54. The number of nitrogens with one attached hydrogen (secondary N) is 1. The maximum atomic E-state index is 11.5. The molecular formula is C12H15NO4. The molecule has 5 nitrogen and oxygen atoms in total. The molecular weight excluding hydrogens is 222 g/mol. The van der Waals surface area contributed by atoms with Crippen LogP contribution in [0.1, 0.15) is 18.6 Å². The molecule has 0 aromatic heterocycles. The zero-order chi connectivity index (χ0) is 12.8. The van der Waals surface area contributed by atoms with Crippen molar-refractivity contribution in [2.24, 2.45) is 0 Å². The first kappa shape index (κ1) is 13.2. The van der Waals surface area contributed by atoms with Gasteiger partial charge < -0.3 is 15.2 Å². The van der Waals surface area contributed by atoms with Crippen LogP contribution in [0.25, 0.3) is 0 Å². The van der Waals surface area contributed by atoms with Gasteiger partial charge in [-0.05, 0) is 5.56 Å². The van der Waals surface area contributed by atoms with Gasteiger partial charge in [-0.2, -0.15) is 0 Å². The maximum absolute atomic E-state index is 11.5. The van der Waals surface area contributed by atoms with Crippen molar-refractivity contribution in [1.29, 1.82) is 0 Å². The van der Waals surface area contributed by atoms with E-state index < -0.39 is 24.0 Å². The second kappa shape index (κ2) is 6.00. The van der Waals surface area contributed by atoms with Crippen LogP contribution in [-0.2, 0) is 14.3 Å². The van der Waals surface area contributed by atoms with Gasteiger partial charge in [0.05, 0.1) is 7.11 Å². The average Bonchev–Trinajstić information content (AvgIpc) is 2.35. The van der Waals surface area contributed by atoms with Gasteiger partial charge in [0.1, 0.15) is 6.10 Å². The van der Waals surface area contributed by atoms with E-state index in [-0.39, 0.29) is 0 Å². The molecule has 1 amide bonds. The number of amides is 1. The predicted octanol–water partition coefficient (Wildman–Crippen LogP) is 0.398. The highest BCUT2D eigenvalue weighted by Crippen LogP contribution is 2.17. The molecule has 1 rings (SSSR count). The van der Waals surface area contributed by atoms with Crippen molar-refractivity contribution in [1.82, 2.24) is 5.32 Å². The summed E-state index contributed by atoms with van der Waals surface area (Å²) >= 11 is 0. The lowest BCUT2D eigenvalue weighted by Crippen LogP contribution is -2.44. The second-order valence-corrected chi connectivity index (χ2v) is 3.56. The van der Waals surface area contributed by atoms with Gasteiger partial charge in [0.2, 0.25) is 5.91 Å². The van der Waals surface area contributed by atoms with Gasteiger partial charge in [0.25, 0.3) is 0 Å². The van der Waals surface area contributed by atoms with Crippen molar-refractivity contribution in [2.45, 2.75) is 19.1 Å². The van der Waals surface area contributed by atoms with E-state index in [1.165, 1.54) is 14.0 Å². The number of hydrogen-bond acceptors (Lipinski definition) is 4. The van der Waals surface area contributed by atoms with Crippen LogP contribution in [0.3, 0.4) is 0 Å². The molecule has 0 saturated heterocycles. The Bertz CT molecular complexity index is 391.